The normalized spacial score (nSPS) is 24.6. The van der Waals surface area contributed by atoms with Crippen molar-refractivity contribution in [1.82, 2.24) is 0 Å². The minimum atomic E-state index is -0.777. The van der Waals surface area contributed by atoms with Crippen LogP contribution in [0.25, 0.3) is 6.08 Å². The maximum Gasteiger partial charge on any atom is 0.175 e. The molecule has 2 atom stereocenters. The van der Waals surface area contributed by atoms with Gasteiger partial charge in [-0.15, -0.1) is 0 Å². The van der Waals surface area contributed by atoms with Crippen LogP contribution < -0.4 is 0 Å². The first-order chi connectivity index (χ1) is 9.13. The van der Waals surface area contributed by atoms with Crippen LogP contribution in [0.2, 0.25) is 0 Å². The van der Waals surface area contributed by atoms with Crippen LogP contribution in [0.15, 0.2) is 59.7 Å². The number of hydrogen-bond donors (Lipinski definition) is 1. The molecular weight excluding hydrogens is 236 g/mol. The van der Waals surface area contributed by atoms with Crippen LogP contribution in [0.3, 0.4) is 0 Å². The highest BCUT2D eigenvalue weighted by Crippen LogP contribution is 2.19. The summed E-state index contributed by atoms with van der Waals surface area (Å²) in [6.07, 6.45) is 7.97. The molecule has 2 rings (SSSR count). The third-order valence-corrected chi connectivity index (χ3v) is 3.05. The summed E-state index contributed by atoms with van der Waals surface area (Å²) in [5.74, 6) is 0. The van der Waals surface area contributed by atoms with Gasteiger partial charge < -0.3 is 9.84 Å². The van der Waals surface area contributed by atoms with Gasteiger partial charge in [0.05, 0.1) is 6.10 Å². The summed E-state index contributed by atoms with van der Waals surface area (Å²) in [7, 11) is 0. The highest BCUT2D eigenvalue weighted by atomic mass is 16.6. The summed E-state index contributed by atoms with van der Waals surface area (Å²) in [5, 5.41) is 9.52. The van der Waals surface area contributed by atoms with E-state index in [1.54, 1.807) is 6.08 Å². The molecule has 1 N–H and O–H groups in total. The van der Waals surface area contributed by atoms with Gasteiger partial charge in [0.2, 0.25) is 0 Å². The van der Waals surface area contributed by atoms with Crippen molar-refractivity contribution in [3.63, 3.8) is 0 Å². The van der Waals surface area contributed by atoms with E-state index in [1.807, 2.05) is 32.0 Å². The molecule has 0 radical (unpaired) electrons. The average molecular weight is 256 g/mol. The SMILES string of the molecule is CC1=CC(O)OC(/C=C(C)/C=C/c2ccccc2)C1. The third-order valence-electron chi connectivity index (χ3n) is 3.05. The summed E-state index contributed by atoms with van der Waals surface area (Å²) >= 11 is 0. The van der Waals surface area contributed by atoms with Crippen LogP contribution in [0.5, 0.6) is 0 Å². The Hall–Kier alpha value is -1.64. The maximum atomic E-state index is 9.52. The van der Waals surface area contributed by atoms with Crippen LogP contribution >= 0.6 is 0 Å². The predicted molar refractivity (Wildman–Crippen MR) is 78.5 cm³/mol. The fourth-order valence-electron chi connectivity index (χ4n) is 2.13. The Labute approximate surface area is 114 Å². The average Bonchev–Trinajstić information content (AvgIpc) is 2.36. The molecule has 0 spiro atoms. The van der Waals surface area contributed by atoms with Gasteiger partial charge in [0.1, 0.15) is 0 Å². The van der Waals surface area contributed by atoms with Gasteiger partial charge in [-0.1, -0.05) is 59.7 Å². The monoisotopic (exact) mass is 256 g/mol. The van der Waals surface area contributed by atoms with Gasteiger partial charge in [0, 0.05) is 0 Å². The van der Waals surface area contributed by atoms with Crippen molar-refractivity contribution in [1.29, 1.82) is 0 Å². The lowest BCUT2D eigenvalue weighted by molar-refractivity contribution is -0.0968. The zero-order chi connectivity index (χ0) is 13.7. The molecule has 1 aliphatic rings. The molecule has 0 amide bonds. The van der Waals surface area contributed by atoms with Gasteiger partial charge in [-0.3, -0.25) is 0 Å². The number of hydrogen-bond acceptors (Lipinski definition) is 2. The molecule has 0 aromatic heterocycles. The van der Waals surface area contributed by atoms with E-state index in [2.05, 4.69) is 30.4 Å². The second-order valence-electron chi connectivity index (χ2n) is 4.94. The molecule has 1 aromatic rings. The fraction of sp³-hybridized carbons (Fsp3) is 0.294. The van der Waals surface area contributed by atoms with Crippen molar-refractivity contribution in [3.8, 4) is 0 Å². The summed E-state index contributed by atoms with van der Waals surface area (Å²) in [5.41, 5.74) is 3.48. The first-order valence-electron chi connectivity index (χ1n) is 6.56. The van der Waals surface area contributed by atoms with Gasteiger partial charge in [0.15, 0.2) is 6.29 Å². The summed E-state index contributed by atoms with van der Waals surface area (Å²) < 4.78 is 5.45. The summed E-state index contributed by atoms with van der Waals surface area (Å²) in [4.78, 5) is 0. The lowest BCUT2D eigenvalue weighted by atomic mass is 10.0. The van der Waals surface area contributed by atoms with E-state index >= 15 is 0 Å². The quantitative estimate of drug-likeness (QED) is 0.660. The number of aliphatic hydroxyl groups excluding tert-OH is 1. The van der Waals surface area contributed by atoms with Crippen LogP contribution in [0, 0.1) is 0 Å². The molecule has 0 fully saturated rings. The molecule has 1 heterocycles. The Kier molecular flexibility index (Phi) is 4.72. The van der Waals surface area contributed by atoms with E-state index in [0.29, 0.717) is 0 Å². The Bertz CT molecular complexity index is 497. The van der Waals surface area contributed by atoms with Crippen LogP contribution in [0.4, 0.5) is 0 Å². The summed E-state index contributed by atoms with van der Waals surface area (Å²) in [6, 6.07) is 10.2. The molecule has 2 heteroatoms. The van der Waals surface area contributed by atoms with Gasteiger partial charge in [-0.25, -0.2) is 0 Å². The molecule has 0 saturated heterocycles. The van der Waals surface area contributed by atoms with Crippen molar-refractivity contribution < 1.29 is 9.84 Å². The predicted octanol–water partition coefficient (Wildman–Crippen LogP) is 3.70. The molecule has 0 bridgehead atoms. The van der Waals surface area contributed by atoms with E-state index < -0.39 is 6.29 Å². The second kappa shape index (κ2) is 6.50. The Morgan fingerprint density at radius 2 is 2.05 bits per heavy atom. The third kappa shape index (κ3) is 4.51. The van der Waals surface area contributed by atoms with E-state index in [1.165, 1.54) is 11.1 Å². The molecular formula is C17H20O2. The van der Waals surface area contributed by atoms with Gasteiger partial charge >= 0.3 is 0 Å². The maximum absolute atomic E-state index is 9.52. The molecule has 2 nitrogen and oxygen atoms in total. The van der Waals surface area contributed by atoms with Crippen molar-refractivity contribution in [2.45, 2.75) is 32.7 Å². The minimum Gasteiger partial charge on any atom is -0.365 e. The van der Waals surface area contributed by atoms with E-state index in [-0.39, 0.29) is 6.10 Å². The van der Waals surface area contributed by atoms with Crippen molar-refractivity contribution in [2.24, 2.45) is 0 Å². The molecule has 19 heavy (non-hydrogen) atoms. The van der Waals surface area contributed by atoms with E-state index in [9.17, 15) is 5.11 Å². The first-order valence-corrected chi connectivity index (χ1v) is 6.56. The van der Waals surface area contributed by atoms with Gasteiger partial charge in [-0.2, -0.15) is 0 Å². The van der Waals surface area contributed by atoms with Crippen molar-refractivity contribution >= 4 is 6.08 Å². The fourth-order valence-corrected chi connectivity index (χ4v) is 2.13. The highest BCUT2D eigenvalue weighted by molar-refractivity contribution is 5.52. The van der Waals surface area contributed by atoms with E-state index in [4.69, 9.17) is 4.74 Å². The Morgan fingerprint density at radius 1 is 1.32 bits per heavy atom. The zero-order valence-electron chi connectivity index (χ0n) is 11.4. The molecule has 1 aliphatic heterocycles. The second-order valence-corrected chi connectivity index (χ2v) is 4.94. The lowest BCUT2D eigenvalue weighted by Crippen LogP contribution is -2.24. The van der Waals surface area contributed by atoms with Gasteiger partial charge in [0.25, 0.3) is 0 Å². The Balaban J connectivity index is 2.00. The lowest BCUT2D eigenvalue weighted by Gasteiger charge is -2.23. The molecule has 0 aliphatic carbocycles. The zero-order valence-corrected chi connectivity index (χ0v) is 11.4. The van der Waals surface area contributed by atoms with Gasteiger partial charge in [-0.05, 0) is 31.9 Å². The number of allylic oxidation sites excluding steroid dienone is 2. The molecule has 0 saturated carbocycles. The number of aliphatic hydroxyl groups is 1. The Morgan fingerprint density at radius 3 is 2.74 bits per heavy atom. The topological polar surface area (TPSA) is 29.5 Å². The van der Waals surface area contributed by atoms with E-state index in [0.717, 1.165) is 12.0 Å². The van der Waals surface area contributed by atoms with Crippen molar-refractivity contribution in [2.75, 3.05) is 0 Å². The minimum absolute atomic E-state index is 0.0413. The largest absolute Gasteiger partial charge is 0.365 e. The molecule has 2 unspecified atom stereocenters. The van der Waals surface area contributed by atoms with Crippen LogP contribution in [-0.4, -0.2) is 17.5 Å². The smallest absolute Gasteiger partial charge is 0.175 e. The van der Waals surface area contributed by atoms with Crippen LogP contribution in [0.1, 0.15) is 25.8 Å². The molecule has 1 aromatic carbocycles. The number of rotatable bonds is 3. The molecule has 100 valence electrons. The number of benzene rings is 1. The number of ether oxygens (including phenoxy) is 1. The standard InChI is InChI=1S/C17H20O2/c1-13(8-9-15-6-4-3-5-7-15)10-16-11-14(2)12-17(18)19-16/h3-10,12,16-18H,11H2,1-2H3/b9-8+,13-10+. The van der Waals surface area contributed by atoms with Crippen LogP contribution in [-0.2, 0) is 4.74 Å². The first kappa shape index (κ1) is 13.8. The highest BCUT2D eigenvalue weighted by Gasteiger charge is 2.16. The van der Waals surface area contributed by atoms with Crippen molar-refractivity contribution in [3.05, 3.63) is 65.3 Å². The summed E-state index contributed by atoms with van der Waals surface area (Å²) in [6.45, 7) is 4.06.